The number of rotatable bonds is 8. The number of aromatic nitrogens is 3. The molecule has 0 fully saturated rings. The highest BCUT2D eigenvalue weighted by Gasteiger charge is 2.14. The van der Waals surface area contributed by atoms with Gasteiger partial charge in [-0.25, -0.2) is 0 Å². The van der Waals surface area contributed by atoms with Crippen LogP contribution in [-0.2, 0) is 31.3 Å². The molecule has 3 aromatic rings. The standard InChI is InChI=1S/C22H23N5O4S/c1-26-20(13-31-19-10-9-15-5-2-3-6-16(15)11-19)24-25-22(26)32-14-21(28)23-17-7-4-8-18(12-17)27(29)30/h4,7-12H,2-3,5-6,13-14H2,1H3,(H,23,28). The van der Waals surface area contributed by atoms with Gasteiger partial charge in [0.25, 0.3) is 5.69 Å². The second-order valence-corrected chi connectivity index (χ2v) is 8.47. The lowest BCUT2D eigenvalue weighted by molar-refractivity contribution is -0.384. The zero-order valence-corrected chi connectivity index (χ0v) is 18.4. The first-order valence-corrected chi connectivity index (χ1v) is 11.3. The molecule has 1 N–H and O–H groups in total. The molecule has 0 aliphatic heterocycles. The summed E-state index contributed by atoms with van der Waals surface area (Å²) in [5.41, 5.74) is 3.07. The van der Waals surface area contributed by atoms with E-state index in [1.54, 1.807) is 10.6 Å². The van der Waals surface area contributed by atoms with Crippen molar-refractivity contribution in [3.8, 4) is 5.75 Å². The molecule has 0 spiro atoms. The maximum atomic E-state index is 12.2. The fraction of sp³-hybridized carbons (Fsp3) is 0.318. The molecule has 1 aliphatic carbocycles. The number of aryl methyl sites for hydroxylation is 2. The molecule has 9 nitrogen and oxygen atoms in total. The van der Waals surface area contributed by atoms with Crippen molar-refractivity contribution in [3.63, 3.8) is 0 Å². The molecule has 0 saturated heterocycles. The lowest BCUT2D eigenvalue weighted by atomic mass is 9.92. The van der Waals surface area contributed by atoms with Crippen LogP contribution in [0.15, 0.2) is 47.6 Å². The topological polar surface area (TPSA) is 112 Å². The number of carbonyl (C=O) groups excluding carboxylic acids is 1. The average Bonchev–Trinajstić information content (AvgIpc) is 3.15. The molecule has 1 aromatic heterocycles. The van der Waals surface area contributed by atoms with Gasteiger partial charge in [-0.15, -0.1) is 10.2 Å². The van der Waals surface area contributed by atoms with E-state index in [1.807, 2.05) is 13.1 Å². The summed E-state index contributed by atoms with van der Waals surface area (Å²) < 4.78 is 7.72. The van der Waals surface area contributed by atoms with Crippen LogP contribution >= 0.6 is 11.8 Å². The Morgan fingerprint density at radius 2 is 2.00 bits per heavy atom. The molecule has 32 heavy (non-hydrogen) atoms. The average molecular weight is 454 g/mol. The number of nitro groups is 1. The number of nitrogens with one attached hydrogen (secondary N) is 1. The number of amides is 1. The number of hydrogen-bond donors (Lipinski definition) is 1. The Morgan fingerprint density at radius 3 is 2.81 bits per heavy atom. The van der Waals surface area contributed by atoms with Crippen molar-refractivity contribution in [3.05, 3.63) is 69.5 Å². The third kappa shape index (κ3) is 5.25. The molecule has 0 atom stereocenters. The third-order valence-corrected chi connectivity index (χ3v) is 6.31. The van der Waals surface area contributed by atoms with Gasteiger partial charge in [0, 0.05) is 24.9 Å². The van der Waals surface area contributed by atoms with E-state index < -0.39 is 4.92 Å². The Bertz CT molecular complexity index is 1150. The van der Waals surface area contributed by atoms with Crippen LogP contribution in [0, 0.1) is 10.1 Å². The molecule has 0 unspecified atom stereocenters. The molecule has 1 aliphatic rings. The smallest absolute Gasteiger partial charge is 0.271 e. The first kappa shape index (κ1) is 21.8. The quantitative estimate of drug-likeness (QED) is 0.313. The summed E-state index contributed by atoms with van der Waals surface area (Å²) in [5.74, 6) is 1.29. The fourth-order valence-electron chi connectivity index (χ4n) is 3.57. The minimum absolute atomic E-state index is 0.0766. The van der Waals surface area contributed by atoms with E-state index in [4.69, 9.17) is 4.74 Å². The van der Waals surface area contributed by atoms with Gasteiger partial charge in [-0.05, 0) is 55.0 Å². The van der Waals surface area contributed by atoms with Crippen LogP contribution in [0.5, 0.6) is 5.75 Å². The molecule has 1 heterocycles. The number of thioether (sulfide) groups is 1. The molecule has 0 radical (unpaired) electrons. The van der Waals surface area contributed by atoms with Crippen molar-refractivity contribution in [1.29, 1.82) is 0 Å². The molecule has 10 heteroatoms. The number of anilines is 1. The van der Waals surface area contributed by atoms with Crippen LogP contribution in [0.25, 0.3) is 0 Å². The summed E-state index contributed by atoms with van der Waals surface area (Å²) in [6, 6.07) is 12.1. The van der Waals surface area contributed by atoms with Crippen LogP contribution in [0.3, 0.4) is 0 Å². The van der Waals surface area contributed by atoms with E-state index >= 15 is 0 Å². The number of nitro benzene ring substituents is 1. The van der Waals surface area contributed by atoms with E-state index in [1.165, 1.54) is 53.9 Å². The van der Waals surface area contributed by atoms with Gasteiger partial charge in [0.15, 0.2) is 11.0 Å². The summed E-state index contributed by atoms with van der Waals surface area (Å²) in [6.07, 6.45) is 4.69. The van der Waals surface area contributed by atoms with Crippen molar-refractivity contribution < 1.29 is 14.5 Å². The van der Waals surface area contributed by atoms with E-state index in [9.17, 15) is 14.9 Å². The first-order valence-electron chi connectivity index (χ1n) is 10.3. The highest BCUT2D eigenvalue weighted by Crippen LogP contribution is 2.26. The highest BCUT2D eigenvalue weighted by atomic mass is 32.2. The van der Waals surface area contributed by atoms with E-state index in [-0.39, 0.29) is 24.0 Å². The Balaban J connectivity index is 1.30. The van der Waals surface area contributed by atoms with Crippen molar-refractivity contribution >= 4 is 29.0 Å². The predicted octanol–water partition coefficient (Wildman–Crippen LogP) is 3.91. The zero-order chi connectivity index (χ0) is 22.5. The summed E-state index contributed by atoms with van der Waals surface area (Å²) in [7, 11) is 1.83. The van der Waals surface area contributed by atoms with Gasteiger partial charge in [-0.2, -0.15) is 0 Å². The summed E-state index contributed by atoms with van der Waals surface area (Å²) >= 11 is 1.23. The Morgan fingerprint density at radius 1 is 1.19 bits per heavy atom. The van der Waals surface area contributed by atoms with Crippen molar-refractivity contribution in [2.24, 2.45) is 7.05 Å². The molecule has 2 aromatic carbocycles. The molecule has 1 amide bonds. The fourth-order valence-corrected chi connectivity index (χ4v) is 4.30. The minimum atomic E-state index is -0.502. The lowest BCUT2D eigenvalue weighted by Crippen LogP contribution is -2.14. The number of ether oxygens (including phenoxy) is 1. The van der Waals surface area contributed by atoms with E-state index in [0.717, 1.165) is 18.6 Å². The number of nitrogens with zero attached hydrogens (tertiary/aromatic N) is 4. The first-order chi connectivity index (χ1) is 15.5. The van der Waals surface area contributed by atoms with Gasteiger partial charge in [0.05, 0.1) is 10.7 Å². The maximum Gasteiger partial charge on any atom is 0.271 e. The van der Waals surface area contributed by atoms with Gasteiger partial charge in [0.2, 0.25) is 5.91 Å². The highest BCUT2D eigenvalue weighted by molar-refractivity contribution is 7.99. The Hall–Kier alpha value is -3.40. The van der Waals surface area contributed by atoms with Crippen molar-refractivity contribution in [2.75, 3.05) is 11.1 Å². The van der Waals surface area contributed by atoms with Crippen LogP contribution in [0.2, 0.25) is 0 Å². The van der Waals surface area contributed by atoms with Crippen LogP contribution in [0.1, 0.15) is 29.8 Å². The second kappa shape index (κ2) is 9.82. The number of non-ortho nitro benzene ring substituents is 1. The summed E-state index contributed by atoms with van der Waals surface area (Å²) in [5, 5.41) is 22.4. The van der Waals surface area contributed by atoms with Crippen LogP contribution < -0.4 is 10.1 Å². The van der Waals surface area contributed by atoms with Crippen molar-refractivity contribution in [1.82, 2.24) is 14.8 Å². The number of carbonyl (C=O) groups is 1. The monoisotopic (exact) mass is 453 g/mol. The van der Waals surface area contributed by atoms with E-state index in [0.29, 0.717) is 16.7 Å². The number of fused-ring (bicyclic) bond motifs is 1. The molecule has 0 bridgehead atoms. The van der Waals surface area contributed by atoms with Gasteiger partial charge in [-0.3, -0.25) is 14.9 Å². The van der Waals surface area contributed by atoms with Crippen molar-refractivity contribution in [2.45, 2.75) is 37.4 Å². The number of benzene rings is 2. The van der Waals surface area contributed by atoms with E-state index in [2.05, 4.69) is 27.6 Å². The summed E-state index contributed by atoms with van der Waals surface area (Å²) in [6.45, 7) is 0.280. The second-order valence-electron chi connectivity index (χ2n) is 7.53. The Labute approximate surface area is 189 Å². The molecular weight excluding hydrogens is 430 g/mol. The molecule has 166 valence electrons. The summed E-state index contributed by atoms with van der Waals surface area (Å²) in [4.78, 5) is 22.6. The van der Waals surface area contributed by atoms with Gasteiger partial charge >= 0.3 is 0 Å². The molecule has 4 rings (SSSR count). The van der Waals surface area contributed by atoms with Gasteiger partial charge in [0.1, 0.15) is 12.4 Å². The lowest BCUT2D eigenvalue weighted by Gasteiger charge is -2.16. The molecule has 0 saturated carbocycles. The maximum absolute atomic E-state index is 12.2. The van der Waals surface area contributed by atoms with Gasteiger partial charge < -0.3 is 14.6 Å². The Kier molecular flexibility index (Phi) is 6.69. The molecular formula is C22H23N5O4S. The zero-order valence-electron chi connectivity index (χ0n) is 17.6. The minimum Gasteiger partial charge on any atom is -0.486 e. The van der Waals surface area contributed by atoms with Gasteiger partial charge in [-0.1, -0.05) is 23.9 Å². The predicted molar refractivity (Wildman–Crippen MR) is 121 cm³/mol. The SMILES string of the molecule is Cn1c(COc2ccc3c(c2)CCCC3)nnc1SCC(=O)Nc1cccc([N+](=O)[O-])c1. The number of hydrogen-bond acceptors (Lipinski definition) is 7. The largest absolute Gasteiger partial charge is 0.486 e. The third-order valence-electron chi connectivity index (χ3n) is 5.29. The van der Waals surface area contributed by atoms with Crippen LogP contribution in [-0.4, -0.2) is 31.3 Å². The normalized spacial score (nSPS) is 12.8. The van der Waals surface area contributed by atoms with Crippen LogP contribution in [0.4, 0.5) is 11.4 Å².